The molecule has 2 aromatic rings. The van der Waals surface area contributed by atoms with Crippen molar-refractivity contribution in [2.45, 2.75) is 44.7 Å². The molecule has 3 heterocycles. The molecule has 136 valence electrons. The van der Waals surface area contributed by atoms with E-state index in [-0.39, 0.29) is 5.91 Å². The molecule has 3 rings (SSSR count). The van der Waals surface area contributed by atoms with Crippen LogP contribution in [0.1, 0.15) is 37.4 Å². The summed E-state index contributed by atoms with van der Waals surface area (Å²) in [5.74, 6) is 1.64. The third-order valence-electron chi connectivity index (χ3n) is 4.79. The number of methoxy groups -OCH3 is 1. The molecule has 0 bridgehead atoms. The zero-order chi connectivity index (χ0) is 17.5. The second-order valence-electron chi connectivity index (χ2n) is 6.55. The molecule has 25 heavy (non-hydrogen) atoms. The molecule has 0 saturated carbocycles. The molecule has 0 spiro atoms. The number of carbonyl (C=O) groups excluding carboxylic acids is 1. The van der Waals surface area contributed by atoms with Gasteiger partial charge in [-0.15, -0.1) is 0 Å². The first-order valence-electron chi connectivity index (χ1n) is 9.01. The summed E-state index contributed by atoms with van der Waals surface area (Å²) in [7, 11) is 1.71. The van der Waals surface area contributed by atoms with Crippen molar-refractivity contribution in [3.63, 3.8) is 0 Å². The number of likely N-dealkylation sites (tertiary alicyclic amines) is 1. The minimum absolute atomic E-state index is 0.250. The number of rotatable bonds is 8. The van der Waals surface area contributed by atoms with Gasteiger partial charge >= 0.3 is 0 Å². The molecule has 0 aromatic carbocycles. The van der Waals surface area contributed by atoms with Crippen LogP contribution in [0, 0.1) is 0 Å². The number of nitrogens with zero attached hydrogens (tertiary/aromatic N) is 5. The summed E-state index contributed by atoms with van der Waals surface area (Å²) in [6.45, 7) is 3.95. The zero-order valence-corrected chi connectivity index (χ0v) is 14.9. The van der Waals surface area contributed by atoms with Crippen LogP contribution < -0.4 is 0 Å². The fraction of sp³-hybridized carbons (Fsp3) is 0.611. The van der Waals surface area contributed by atoms with Gasteiger partial charge in [0.2, 0.25) is 5.91 Å². The fourth-order valence-electron chi connectivity index (χ4n) is 3.46. The van der Waals surface area contributed by atoms with Crippen molar-refractivity contribution in [2.75, 3.05) is 26.8 Å². The largest absolute Gasteiger partial charge is 0.383 e. The van der Waals surface area contributed by atoms with Gasteiger partial charge in [0.1, 0.15) is 5.82 Å². The Hall–Kier alpha value is -2.15. The van der Waals surface area contributed by atoms with Crippen LogP contribution in [-0.2, 0) is 22.6 Å². The lowest BCUT2D eigenvalue weighted by Gasteiger charge is -2.33. The SMILES string of the molecule is COCCn1ccnc1[C@H]1CCCN(C(=O)CCCn2ccnc2)C1. The van der Waals surface area contributed by atoms with Crippen molar-refractivity contribution in [3.05, 3.63) is 36.9 Å². The van der Waals surface area contributed by atoms with E-state index in [0.29, 0.717) is 18.9 Å². The van der Waals surface area contributed by atoms with Crippen LogP contribution in [0.5, 0.6) is 0 Å². The third kappa shape index (κ3) is 4.69. The molecule has 1 atom stereocenters. The Morgan fingerprint density at radius 2 is 2.24 bits per heavy atom. The van der Waals surface area contributed by atoms with E-state index in [4.69, 9.17) is 4.74 Å². The van der Waals surface area contributed by atoms with Crippen molar-refractivity contribution in [1.82, 2.24) is 24.0 Å². The average Bonchev–Trinajstić information content (AvgIpc) is 3.31. The molecule has 0 radical (unpaired) electrons. The Morgan fingerprint density at radius 1 is 1.32 bits per heavy atom. The highest BCUT2D eigenvalue weighted by Crippen LogP contribution is 2.26. The molecule has 2 aromatic heterocycles. The van der Waals surface area contributed by atoms with Gasteiger partial charge in [0.15, 0.2) is 0 Å². The number of imidazole rings is 2. The van der Waals surface area contributed by atoms with Gasteiger partial charge in [0.05, 0.1) is 12.9 Å². The van der Waals surface area contributed by atoms with Crippen LogP contribution in [0.2, 0.25) is 0 Å². The van der Waals surface area contributed by atoms with Gasteiger partial charge in [-0.25, -0.2) is 9.97 Å². The van der Waals surface area contributed by atoms with Crippen LogP contribution >= 0.6 is 0 Å². The van der Waals surface area contributed by atoms with Crippen LogP contribution in [0.4, 0.5) is 0 Å². The molecule has 7 heteroatoms. The lowest BCUT2D eigenvalue weighted by molar-refractivity contribution is -0.132. The number of aromatic nitrogens is 4. The van der Waals surface area contributed by atoms with E-state index >= 15 is 0 Å². The summed E-state index contributed by atoms with van der Waals surface area (Å²) < 4.78 is 9.34. The average molecular weight is 345 g/mol. The number of hydrogen-bond donors (Lipinski definition) is 0. The number of carbonyl (C=O) groups is 1. The summed E-state index contributed by atoms with van der Waals surface area (Å²) in [6.07, 6.45) is 12.9. The highest BCUT2D eigenvalue weighted by molar-refractivity contribution is 5.76. The fourth-order valence-corrected chi connectivity index (χ4v) is 3.46. The van der Waals surface area contributed by atoms with Crippen molar-refractivity contribution in [2.24, 2.45) is 0 Å². The third-order valence-corrected chi connectivity index (χ3v) is 4.79. The van der Waals surface area contributed by atoms with Gasteiger partial charge in [0, 0.05) is 70.4 Å². The normalized spacial score (nSPS) is 17.8. The Bertz CT molecular complexity index is 652. The van der Waals surface area contributed by atoms with E-state index in [1.807, 2.05) is 28.1 Å². The van der Waals surface area contributed by atoms with Gasteiger partial charge < -0.3 is 18.8 Å². The molecule has 1 aliphatic rings. The molecule has 1 amide bonds. The molecule has 0 N–H and O–H groups in total. The number of ether oxygens (including phenoxy) is 1. The molecule has 7 nitrogen and oxygen atoms in total. The van der Waals surface area contributed by atoms with Crippen molar-refractivity contribution >= 4 is 5.91 Å². The van der Waals surface area contributed by atoms with Crippen molar-refractivity contribution < 1.29 is 9.53 Å². The molecular weight excluding hydrogens is 318 g/mol. The second-order valence-corrected chi connectivity index (χ2v) is 6.55. The van der Waals surface area contributed by atoms with Gasteiger partial charge in [0.25, 0.3) is 0 Å². The van der Waals surface area contributed by atoms with E-state index in [0.717, 1.165) is 51.3 Å². The first kappa shape index (κ1) is 17.7. The Kier molecular flexibility index (Phi) is 6.22. The molecular formula is C18H27N5O2. The van der Waals surface area contributed by atoms with Crippen LogP contribution in [-0.4, -0.2) is 56.7 Å². The summed E-state index contributed by atoms with van der Waals surface area (Å²) in [6, 6.07) is 0. The second kappa shape index (κ2) is 8.80. The summed E-state index contributed by atoms with van der Waals surface area (Å²) in [5, 5.41) is 0. The minimum Gasteiger partial charge on any atom is -0.383 e. The van der Waals surface area contributed by atoms with Gasteiger partial charge in [-0.05, 0) is 19.3 Å². The molecule has 1 aliphatic heterocycles. The van der Waals surface area contributed by atoms with E-state index in [9.17, 15) is 4.79 Å². The van der Waals surface area contributed by atoms with Gasteiger partial charge in [-0.3, -0.25) is 4.79 Å². The predicted molar refractivity (Wildman–Crippen MR) is 94.1 cm³/mol. The smallest absolute Gasteiger partial charge is 0.222 e. The van der Waals surface area contributed by atoms with Crippen molar-refractivity contribution in [1.29, 1.82) is 0 Å². The summed E-state index contributed by atoms with van der Waals surface area (Å²) >= 11 is 0. The lowest BCUT2D eigenvalue weighted by Crippen LogP contribution is -2.39. The number of piperidine rings is 1. The number of hydrogen-bond acceptors (Lipinski definition) is 4. The van der Waals surface area contributed by atoms with Crippen LogP contribution in [0.3, 0.4) is 0 Å². The molecule has 0 aliphatic carbocycles. The standard InChI is InChI=1S/C18H27N5O2/c1-25-13-12-22-11-7-20-18(22)16-4-2-9-23(14-16)17(24)5-3-8-21-10-6-19-15-21/h6-7,10-11,15-16H,2-5,8-9,12-14H2,1H3/t16-/m0/s1. The Labute approximate surface area is 148 Å². The van der Waals surface area contributed by atoms with E-state index < -0.39 is 0 Å². The van der Waals surface area contributed by atoms with Crippen LogP contribution in [0.15, 0.2) is 31.1 Å². The minimum atomic E-state index is 0.250. The maximum absolute atomic E-state index is 12.6. The number of amides is 1. The highest BCUT2D eigenvalue weighted by Gasteiger charge is 2.27. The number of aryl methyl sites for hydroxylation is 1. The molecule has 1 saturated heterocycles. The first-order chi connectivity index (χ1) is 12.3. The van der Waals surface area contributed by atoms with Gasteiger partial charge in [-0.1, -0.05) is 0 Å². The molecule has 1 fully saturated rings. The Morgan fingerprint density at radius 3 is 3.04 bits per heavy atom. The van der Waals surface area contributed by atoms with Crippen molar-refractivity contribution in [3.8, 4) is 0 Å². The van der Waals surface area contributed by atoms with E-state index in [1.165, 1.54) is 0 Å². The lowest BCUT2D eigenvalue weighted by atomic mass is 9.96. The monoisotopic (exact) mass is 345 g/mol. The Balaban J connectivity index is 1.52. The van der Waals surface area contributed by atoms with Crippen LogP contribution in [0.25, 0.3) is 0 Å². The zero-order valence-electron chi connectivity index (χ0n) is 14.9. The molecule has 0 unspecified atom stereocenters. The maximum atomic E-state index is 12.6. The topological polar surface area (TPSA) is 65.2 Å². The predicted octanol–water partition coefficient (Wildman–Crippen LogP) is 1.91. The van der Waals surface area contributed by atoms with E-state index in [2.05, 4.69) is 14.5 Å². The van der Waals surface area contributed by atoms with E-state index in [1.54, 1.807) is 19.6 Å². The van der Waals surface area contributed by atoms with Gasteiger partial charge in [-0.2, -0.15) is 0 Å². The first-order valence-corrected chi connectivity index (χ1v) is 9.01. The maximum Gasteiger partial charge on any atom is 0.222 e. The highest BCUT2D eigenvalue weighted by atomic mass is 16.5. The summed E-state index contributed by atoms with van der Waals surface area (Å²) in [5.41, 5.74) is 0. The summed E-state index contributed by atoms with van der Waals surface area (Å²) in [4.78, 5) is 23.1. The quantitative estimate of drug-likeness (QED) is 0.733.